The number of ether oxygens (including phenoxy) is 7. The normalized spacial score (nSPS) is 12.2. The van der Waals surface area contributed by atoms with Crippen molar-refractivity contribution in [2.45, 2.75) is 6.04 Å². The van der Waals surface area contributed by atoms with E-state index in [9.17, 15) is 4.79 Å². The van der Waals surface area contributed by atoms with Gasteiger partial charge < -0.3 is 33.2 Å². The quantitative estimate of drug-likeness (QED) is 0.133. The van der Waals surface area contributed by atoms with E-state index in [2.05, 4.69) is 9.98 Å². The lowest BCUT2D eigenvalue weighted by Gasteiger charge is -2.11. The molecule has 2 aromatic carbocycles. The van der Waals surface area contributed by atoms with E-state index < -0.39 is 12.0 Å². The Morgan fingerprint density at radius 3 is 1.83 bits per heavy atom. The summed E-state index contributed by atoms with van der Waals surface area (Å²) in [5.41, 5.74) is 1.44. The van der Waals surface area contributed by atoms with E-state index >= 15 is 0 Å². The fourth-order valence-electron chi connectivity index (χ4n) is 2.79. The van der Waals surface area contributed by atoms with E-state index in [1.54, 1.807) is 32.7 Å². The maximum absolute atomic E-state index is 12.3. The third-order valence-electron chi connectivity index (χ3n) is 4.67. The van der Waals surface area contributed by atoms with Crippen LogP contribution in [-0.4, -0.2) is 92.3 Å². The first-order chi connectivity index (χ1) is 17.7. The van der Waals surface area contributed by atoms with Crippen molar-refractivity contribution in [3.05, 3.63) is 59.7 Å². The Morgan fingerprint density at radius 2 is 1.31 bits per heavy atom. The summed E-state index contributed by atoms with van der Waals surface area (Å²) in [6, 6.07) is 13.9. The number of esters is 1. The molecule has 2 aromatic rings. The summed E-state index contributed by atoms with van der Waals surface area (Å²) in [7, 11) is 4.52. The summed E-state index contributed by atoms with van der Waals surface area (Å²) in [5, 5.41) is 0. The molecule has 0 aliphatic rings. The average Bonchev–Trinajstić information content (AvgIpc) is 2.91. The standard InChI is InChI=1S/C26H34N2O8/c1-30-12-14-33-19-35-24-10-6-4-8-21(24)16-27-18-23(26(29)32-3)28-17-22-9-5-7-11-25(22)36-20-34-15-13-31-2/h4-11,16-17,23H,12-15,18-20H2,1-3H3/b27-16+,28-17+. The van der Waals surface area contributed by atoms with Crippen molar-refractivity contribution in [3.63, 3.8) is 0 Å². The van der Waals surface area contributed by atoms with Crippen LogP contribution in [0.1, 0.15) is 11.1 Å². The number of aliphatic imine (C=N–C) groups is 2. The van der Waals surface area contributed by atoms with Gasteiger partial charge in [-0.2, -0.15) is 0 Å². The van der Waals surface area contributed by atoms with Gasteiger partial charge in [0.1, 0.15) is 11.5 Å². The molecule has 10 nitrogen and oxygen atoms in total. The number of benzene rings is 2. The molecule has 0 aromatic heterocycles. The average molecular weight is 503 g/mol. The van der Waals surface area contributed by atoms with E-state index in [-0.39, 0.29) is 20.1 Å². The topological polar surface area (TPSA) is 106 Å². The molecule has 0 aliphatic carbocycles. The van der Waals surface area contributed by atoms with Crippen LogP contribution in [0.2, 0.25) is 0 Å². The van der Waals surface area contributed by atoms with Crippen LogP contribution in [0.15, 0.2) is 58.5 Å². The predicted molar refractivity (Wildman–Crippen MR) is 135 cm³/mol. The van der Waals surface area contributed by atoms with Crippen LogP contribution in [0.25, 0.3) is 0 Å². The second-order valence-electron chi connectivity index (χ2n) is 7.21. The minimum Gasteiger partial charge on any atom is -0.467 e. The number of carbonyl (C=O) groups is 1. The van der Waals surface area contributed by atoms with Gasteiger partial charge in [0.15, 0.2) is 19.6 Å². The van der Waals surface area contributed by atoms with Crippen LogP contribution in [0.3, 0.4) is 0 Å². The van der Waals surface area contributed by atoms with Gasteiger partial charge in [-0.25, -0.2) is 4.79 Å². The smallest absolute Gasteiger partial charge is 0.332 e. The number of nitrogens with zero attached hydrogens (tertiary/aromatic N) is 2. The zero-order valence-corrected chi connectivity index (χ0v) is 21.0. The highest BCUT2D eigenvalue weighted by Crippen LogP contribution is 2.17. The van der Waals surface area contributed by atoms with Gasteiger partial charge >= 0.3 is 5.97 Å². The molecule has 1 atom stereocenters. The van der Waals surface area contributed by atoms with Gasteiger partial charge in [-0.15, -0.1) is 0 Å². The molecule has 0 amide bonds. The third-order valence-corrected chi connectivity index (χ3v) is 4.67. The molecule has 0 N–H and O–H groups in total. The molecular weight excluding hydrogens is 468 g/mol. The van der Waals surface area contributed by atoms with Gasteiger partial charge in [-0.1, -0.05) is 24.3 Å². The first-order valence-electron chi connectivity index (χ1n) is 11.4. The largest absolute Gasteiger partial charge is 0.467 e. The molecule has 10 heteroatoms. The van der Waals surface area contributed by atoms with Crippen LogP contribution in [0.4, 0.5) is 0 Å². The second-order valence-corrected chi connectivity index (χ2v) is 7.21. The number of carbonyl (C=O) groups excluding carboxylic acids is 1. The number of hydrogen-bond donors (Lipinski definition) is 0. The fourth-order valence-corrected chi connectivity index (χ4v) is 2.79. The van der Waals surface area contributed by atoms with Crippen LogP contribution < -0.4 is 9.47 Å². The van der Waals surface area contributed by atoms with E-state index in [1.807, 2.05) is 42.5 Å². The van der Waals surface area contributed by atoms with Crippen LogP contribution in [0, 0.1) is 0 Å². The summed E-state index contributed by atoms with van der Waals surface area (Å²) in [6.45, 7) is 2.06. The molecule has 0 radical (unpaired) electrons. The number of rotatable bonds is 18. The number of hydrogen-bond acceptors (Lipinski definition) is 10. The molecule has 0 aliphatic heterocycles. The Balaban J connectivity index is 2.01. The van der Waals surface area contributed by atoms with Gasteiger partial charge in [0.2, 0.25) is 0 Å². The molecule has 36 heavy (non-hydrogen) atoms. The minimum atomic E-state index is -0.831. The lowest BCUT2D eigenvalue weighted by Crippen LogP contribution is -2.23. The Bertz CT molecular complexity index is 951. The van der Waals surface area contributed by atoms with Gasteiger partial charge in [-0.3, -0.25) is 9.98 Å². The zero-order valence-electron chi connectivity index (χ0n) is 21.0. The molecule has 0 saturated carbocycles. The van der Waals surface area contributed by atoms with Gasteiger partial charge in [-0.05, 0) is 24.3 Å². The minimum absolute atomic E-state index is 0.0673. The number of para-hydroxylation sites is 2. The highest BCUT2D eigenvalue weighted by Gasteiger charge is 2.17. The van der Waals surface area contributed by atoms with Crippen molar-refractivity contribution < 1.29 is 38.0 Å². The Labute approximate surface area is 211 Å². The molecule has 0 saturated heterocycles. The molecule has 0 bridgehead atoms. The van der Waals surface area contributed by atoms with Crippen molar-refractivity contribution in [1.29, 1.82) is 0 Å². The van der Waals surface area contributed by atoms with Crippen LogP contribution >= 0.6 is 0 Å². The Hall–Kier alpha value is -3.31. The summed E-state index contributed by atoms with van der Waals surface area (Å²) >= 11 is 0. The van der Waals surface area contributed by atoms with Crippen LogP contribution in [0.5, 0.6) is 11.5 Å². The second kappa shape index (κ2) is 18.0. The predicted octanol–water partition coefficient (Wildman–Crippen LogP) is 2.76. The van der Waals surface area contributed by atoms with Crippen molar-refractivity contribution in [1.82, 2.24) is 0 Å². The molecule has 1 unspecified atom stereocenters. The fraction of sp³-hybridized carbons (Fsp3) is 0.423. The van der Waals surface area contributed by atoms with Gasteiger partial charge in [0.05, 0.1) is 40.1 Å². The molecule has 0 fully saturated rings. The zero-order chi connectivity index (χ0) is 25.8. The molecule has 2 rings (SSSR count). The van der Waals surface area contributed by atoms with Crippen molar-refractivity contribution in [2.24, 2.45) is 9.98 Å². The third kappa shape index (κ3) is 11.0. The van der Waals surface area contributed by atoms with Gasteiger partial charge in [0.25, 0.3) is 0 Å². The molecule has 196 valence electrons. The van der Waals surface area contributed by atoms with E-state index in [4.69, 9.17) is 33.2 Å². The van der Waals surface area contributed by atoms with Gasteiger partial charge in [0, 0.05) is 37.8 Å². The lowest BCUT2D eigenvalue weighted by atomic mass is 10.2. The molecular formula is C26H34N2O8. The highest BCUT2D eigenvalue weighted by atomic mass is 16.7. The summed E-state index contributed by atoms with van der Waals surface area (Å²) in [5.74, 6) is 0.681. The first-order valence-corrected chi connectivity index (χ1v) is 11.4. The summed E-state index contributed by atoms with van der Waals surface area (Å²) in [6.07, 6.45) is 3.19. The SMILES string of the molecule is COCCOCOc1ccccc1/C=N/CC(/N=C/c1ccccc1OCOCCOC)C(=O)OC. The maximum Gasteiger partial charge on any atom is 0.332 e. The maximum atomic E-state index is 12.3. The monoisotopic (exact) mass is 502 g/mol. The number of methoxy groups -OCH3 is 3. The van der Waals surface area contributed by atoms with E-state index in [1.165, 1.54) is 7.11 Å². The van der Waals surface area contributed by atoms with Crippen molar-refractivity contribution in [2.75, 3.05) is 67.9 Å². The molecule has 0 heterocycles. The highest BCUT2D eigenvalue weighted by molar-refractivity contribution is 5.87. The molecule has 0 spiro atoms. The van der Waals surface area contributed by atoms with Crippen LogP contribution in [-0.2, 0) is 28.5 Å². The van der Waals surface area contributed by atoms with E-state index in [0.717, 1.165) is 5.56 Å². The Morgan fingerprint density at radius 1 is 0.778 bits per heavy atom. The van der Waals surface area contributed by atoms with E-state index in [0.29, 0.717) is 43.5 Å². The first kappa shape index (κ1) is 28.9. The summed E-state index contributed by atoms with van der Waals surface area (Å²) < 4.78 is 36.8. The van der Waals surface area contributed by atoms with Crippen molar-refractivity contribution in [3.8, 4) is 11.5 Å². The van der Waals surface area contributed by atoms with Crippen molar-refractivity contribution >= 4 is 18.4 Å². The lowest BCUT2D eigenvalue weighted by molar-refractivity contribution is -0.141. The Kier molecular flexibility index (Phi) is 14.5. The summed E-state index contributed by atoms with van der Waals surface area (Å²) in [4.78, 5) is 21.1.